The summed E-state index contributed by atoms with van der Waals surface area (Å²) in [7, 11) is 0. The van der Waals surface area contributed by atoms with Crippen molar-refractivity contribution in [3.05, 3.63) is 27.9 Å². The predicted octanol–water partition coefficient (Wildman–Crippen LogP) is 2.02. The van der Waals surface area contributed by atoms with E-state index in [0.717, 1.165) is 15.4 Å². The number of thiophene rings is 1. The normalized spacial score (nSPS) is 14.8. The monoisotopic (exact) mass is 322 g/mol. The van der Waals surface area contributed by atoms with Gasteiger partial charge < -0.3 is 4.84 Å². The second-order valence-electron chi connectivity index (χ2n) is 4.32. The van der Waals surface area contributed by atoms with E-state index in [4.69, 9.17) is 4.84 Å². The summed E-state index contributed by atoms with van der Waals surface area (Å²) in [4.78, 5) is 45.5. The summed E-state index contributed by atoms with van der Waals surface area (Å²) < 4.78 is 0. The molecule has 3 heterocycles. The lowest BCUT2D eigenvalue weighted by molar-refractivity contribution is -0.196. The van der Waals surface area contributed by atoms with Crippen LogP contribution in [0.15, 0.2) is 23.0 Å². The Balaban J connectivity index is 1.70. The lowest BCUT2D eigenvalue weighted by atomic mass is 10.2. The van der Waals surface area contributed by atoms with E-state index in [-0.39, 0.29) is 19.3 Å². The molecule has 8 heteroatoms. The van der Waals surface area contributed by atoms with Crippen LogP contribution in [0.5, 0.6) is 0 Å². The first-order valence-corrected chi connectivity index (χ1v) is 7.94. The van der Waals surface area contributed by atoms with Crippen molar-refractivity contribution in [3.8, 4) is 10.6 Å². The van der Waals surface area contributed by atoms with Crippen molar-refractivity contribution in [1.29, 1.82) is 0 Å². The van der Waals surface area contributed by atoms with Crippen molar-refractivity contribution in [2.24, 2.45) is 0 Å². The number of hydroxylamine groups is 2. The smallest absolute Gasteiger partial charge is 0.330 e. The summed E-state index contributed by atoms with van der Waals surface area (Å²) in [6.07, 6.45) is 0.162. The van der Waals surface area contributed by atoms with Gasteiger partial charge in [0.05, 0.1) is 22.5 Å². The molecule has 3 rings (SSSR count). The molecule has 0 bridgehead atoms. The highest BCUT2D eigenvalue weighted by Gasteiger charge is 2.33. The molecule has 2 aromatic rings. The van der Waals surface area contributed by atoms with Gasteiger partial charge in [-0.15, -0.1) is 27.7 Å². The molecule has 0 radical (unpaired) electrons. The van der Waals surface area contributed by atoms with Gasteiger partial charge in [-0.1, -0.05) is 6.07 Å². The Kier molecular flexibility index (Phi) is 3.80. The van der Waals surface area contributed by atoms with Gasteiger partial charge in [-0.2, -0.15) is 0 Å². The topological polar surface area (TPSA) is 76.6 Å². The molecule has 6 nitrogen and oxygen atoms in total. The maximum Gasteiger partial charge on any atom is 0.338 e. The molecule has 0 unspecified atom stereocenters. The van der Waals surface area contributed by atoms with E-state index >= 15 is 0 Å². The third kappa shape index (κ3) is 2.86. The van der Waals surface area contributed by atoms with Crippen LogP contribution >= 0.6 is 22.7 Å². The molecule has 0 saturated carbocycles. The minimum absolute atomic E-state index is 0.0189. The molecule has 108 valence electrons. The van der Waals surface area contributed by atoms with Gasteiger partial charge in [0.25, 0.3) is 11.8 Å². The van der Waals surface area contributed by atoms with Crippen LogP contribution in [0, 0.1) is 0 Å². The Labute approximate surface area is 127 Å². The van der Waals surface area contributed by atoms with E-state index in [0.29, 0.717) is 5.06 Å². The van der Waals surface area contributed by atoms with E-state index in [1.54, 1.807) is 5.51 Å². The molecule has 2 amide bonds. The Morgan fingerprint density at radius 3 is 2.71 bits per heavy atom. The van der Waals surface area contributed by atoms with E-state index in [1.165, 1.54) is 22.7 Å². The average Bonchev–Trinajstić information content (AvgIpc) is 3.16. The third-order valence-corrected chi connectivity index (χ3v) is 4.61. The number of amides is 2. The molecule has 0 spiro atoms. The average molecular weight is 322 g/mol. The van der Waals surface area contributed by atoms with Gasteiger partial charge in [-0.25, -0.2) is 9.78 Å². The van der Waals surface area contributed by atoms with Crippen molar-refractivity contribution < 1.29 is 19.2 Å². The Bertz CT molecular complexity index is 677. The molecule has 21 heavy (non-hydrogen) atoms. The van der Waals surface area contributed by atoms with Gasteiger partial charge in [0.15, 0.2) is 0 Å². The highest BCUT2D eigenvalue weighted by molar-refractivity contribution is 7.14. The zero-order chi connectivity index (χ0) is 14.8. The predicted molar refractivity (Wildman–Crippen MR) is 76.3 cm³/mol. The maximum absolute atomic E-state index is 11.9. The van der Waals surface area contributed by atoms with Gasteiger partial charge in [0, 0.05) is 17.7 Å². The fraction of sp³-hybridized carbons (Fsp3) is 0.231. The van der Waals surface area contributed by atoms with Crippen LogP contribution in [0.2, 0.25) is 0 Å². The number of thiazole rings is 1. The third-order valence-electron chi connectivity index (χ3n) is 2.90. The molecule has 0 aliphatic carbocycles. The minimum atomic E-state index is -0.638. The lowest BCUT2D eigenvalue weighted by Crippen LogP contribution is -2.32. The van der Waals surface area contributed by atoms with Crippen molar-refractivity contribution in [2.45, 2.75) is 19.3 Å². The van der Waals surface area contributed by atoms with Crippen molar-refractivity contribution in [2.75, 3.05) is 0 Å². The van der Waals surface area contributed by atoms with Crippen LogP contribution in [-0.2, 0) is 25.6 Å². The zero-order valence-electron chi connectivity index (χ0n) is 10.8. The molecule has 0 N–H and O–H groups in total. The molecule has 0 aromatic carbocycles. The number of hydrogen-bond acceptors (Lipinski definition) is 7. The molecule has 2 aromatic heterocycles. The first-order chi connectivity index (χ1) is 10.1. The number of carbonyl (C=O) groups excluding carboxylic acids is 3. The summed E-state index contributed by atoms with van der Waals surface area (Å²) >= 11 is 2.87. The maximum atomic E-state index is 11.9. The van der Waals surface area contributed by atoms with Crippen LogP contribution in [0.4, 0.5) is 0 Å². The quantitative estimate of drug-likeness (QED) is 0.805. The number of nitrogens with zero attached hydrogens (tertiary/aromatic N) is 2. The second-order valence-corrected chi connectivity index (χ2v) is 6.21. The number of aromatic nitrogens is 1. The number of imide groups is 1. The van der Waals surface area contributed by atoms with E-state index in [9.17, 15) is 14.4 Å². The van der Waals surface area contributed by atoms with Crippen LogP contribution in [0.1, 0.15) is 17.7 Å². The lowest BCUT2D eigenvalue weighted by Gasteiger charge is -2.12. The fourth-order valence-corrected chi connectivity index (χ4v) is 3.51. The van der Waals surface area contributed by atoms with Gasteiger partial charge in [-0.05, 0) is 11.4 Å². The van der Waals surface area contributed by atoms with E-state index in [1.807, 2.05) is 17.5 Å². The molecular weight excluding hydrogens is 312 g/mol. The highest BCUT2D eigenvalue weighted by atomic mass is 32.1. The fourth-order valence-electron chi connectivity index (χ4n) is 1.93. The van der Waals surface area contributed by atoms with Crippen LogP contribution in [0.25, 0.3) is 10.6 Å². The Hall–Kier alpha value is -2.06. The molecule has 1 saturated heterocycles. The van der Waals surface area contributed by atoms with E-state index in [2.05, 4.69) is 4.98 Å². The van der Waals surface area contributed by atoms with Crippen LogP contribution < -0.4 is 0 Å². The number of rotatable bonds is 4. The molecule has 1 aliphatic heterocycles. The summed E-state index contributed by atoms with van der Waals surface area (Å²) in [6, 6.07) is 3.82. The number of hydrogen-bond donors (Lipinski definition) is 0. The minimum Gasteiger partial charge on any atom is -0.330 e. The van der Waals surface area contributed by atoms with Crippen molar-refractivity contribution in [1.82, 2.24) is 10.0 Å². The number of carbonyl (C=O) groups is 3. The molecule has 1 fully saturated rings. The molecule has 1 aliphatic rings. The summed E-state index contributed by atoms with van der Waals surface area (Å²) in [5.41, 5.74) is 2.40. The Morgan fingerprint density at radius 2 is 2.05 bits per heavy atom. The largest absolute Gasteiger partial charge is 0.338 e. The first kappa shape index (κ1) is 13.9. The van der Waals surface area contributed by atoms with E-state index < -0.39 is 17.8 Å². The van der Waals surface area contributed by atoms with Crippen LogP contribution in [-0.4, -0.2) is 27.8 Å². The van der Waals surface area contributed by atoms with Gasteiger partial charge in [-0.3, -0.25) is 9.59 Å². The van der Waals surface area contributed by atoms with Gasteiger partial charge in [0.1, 0.15) is 0 Å². The zero-order valence-corrected chi connectivity index (χ0v) is 12.4. The SMILES string of the molecule is O=C(Cc1scnc1-c1cccs1)ON1C(=O)CCC1=O. The van der Waals surface area contributed by atoms with Crippen molar-refractivity contribution >= 4 is 40.5 Å². The van der Waals surface area contributed by atoms with Gasteiger partial charge in [0.2, 0.25) is 0 Å². The van der Waals surface area contributed by atoms with Crippen LogP contribution in [0.3, 0.4) is 0 Å². The first-order valence-electron chi connectivity index (χ1n) is 6.18. The summed E-state index contributed by atoms with van der Waals surface area (Å²) in [5, 5.41) is 2.49. The highest BCUT2D eigenvalue weighted by Crippen LogP contribution is 2.29. The second kappa shape index (κ2) is 5.74. The molecule has 0 atom stereocenters. The molecular formula is C13H10N2O4S2. The standard InChI is InChI=1S/C13H10N2O4S2/c16-10-3-4-11(17)15(10)19-12(18)6-9-13(14-7-21-9)8-2-1-5-20-8/h1-2,5,7H,3-4,6H2. The summed E-state index contributed by atoms with van der Waals surface area (Å²) in [5.74, 6) is -1.59. The summed E-state index contributed by atoms with van der Waals surface area (Å²) in [6.45, 7) is 0. The van der Waals surface area contributed by atoms with Crippen molar-refractivity contribution in [3.63, 3.8) is 0 Å². The Morgan fingerprint density at radius 1 is 1.29 bits per heavy atom. The van der Waals surface area contributed by atoms with Gasteiger partial charge >= 0.3 is 5.97 Å².